The molecule has 8 heteroatoms. The Balaban J connectivity index is 1.86. The van der Waals surface area contributed by atoms with E-state index in [4.69, 9.17) is 33.0 Å². The third kappa shape index (κ3) is 4.28. The summed E-state index contributed by atoms with van der Waals surface area (Å²) >= 11 is 12.4. The minimum atomic E-state index is -0.984. The van der Waals surface area contributed by atoms with Crippen LogP contribution in [0.5, 0.6) is 11.5 Å². The first kappa shape index (κ1) is 18.1. The molecule has 0 fully saturated rings. The number of ether oxygens (including phenoxy) is 1. The van der Waals surface area contributed by atoms with Crippen LogP contribution in [-0.2, 0) is 4.79 Å². The van der Waals surface area contributed by atoms with Crippen LogP contribution in [0.1, 0.15) is 5.69 Å². The van der Waals surface area contributed by atoms with Gasteiger partial charge in [-0.15, -0.1) is 0 Å². The maximum Gasteiger partial charge on any atom is 0.322 e. The van der Waals surface area contributed by atoms with Gasteiger partial charge in [-0.05, 0) is 43.3 Å². The van der Waals surface area contributed by atoms with Gasteiger partial charge in [0.25, 0.3) is 0 Å². The smallest absolute Gasteiger partial charge is 0.322 e. The predicted molar refractivity (Wildman–Crippen MR) is 101 cm³/mol. The Labute approximate surface area is 159 Å². The molecule has 26 heavy (non-hydrogen) atoms. The molecule has 0 aliphatic heterocycles. The fraction of sp³-hybridized carbons (Fsp3) is 0.111. The van der Waals surface area contributed by atoms with E-state index >= 15 is 0 Å². The number of nitrogens with zero attached hydrogens (tertiary/aromatic N) is 1. The number of rotatable bonds is 6. The van der Waals surface area contributed by atoms with Crippen molar-refractivity contribution in [3.05, 3.63) is 58.2 Å². The Morgan fingerprint density at radius 3 is 2.65 bits per heavy atom. The van der Waals surface area contributed by atoms with E-state index in [1.807, 2.05) is 19.1 Å². The van der Waals surface area contributed by atoms with E-state index < -0.39 is 5.97 Å². The predicted octanol–water partition coefficient (Wildman–Crippen LogP) is 4.98. The van der Waals surface area contributed by atoms with Gasteiger partial charge in [0.1, 0.15) is 12.3 Å². The average molecular weight is 392 g/mol. The minimum absolute atomic E-state index is 0.247. The summed E-state index contributed by atoms with van der Waals surface area (Å²) in [5, 5.41) is 19.6. The molecular weight excluding hydrogens is 377 g/mol. The molecule has 6 nitrogen and oxygen atoms in total. The van der Waals surface area contributed by atoms with Gasteiger partial charge in [0.15, 0.2) is 5.75 Å². The summed E-state index contributed by atoms with van der Waals surface area (Å²) in [6.45, 7) is 1.67. The molecule has 0 radical (unpaired) electrons. The second-order valence-electron chi connectivity index (χ2n) is 5.57. The molecule has 3 N–H and O–H groups in total. The lowest BCUT2D eigenvalue weighted by Crippen LogP contribution is -2.12. The number of carbonyl (C=O) groups is 1. The van der Waals surface area contributed by atoms with Crippen LogP contribution in [0.3, 0.4) is 0 Å². The Morgan fingerprint density at radius 2 is 2.00 bits per heavy atom. The zero-order valence-electron chi connectivity index (χ0n) is 13.7. The standard InChI is InChI=1S/C18H15Cl2N3O3/c1-10-6-15(23-22-10)11-2-5-16(13(20)7-11)26-17-8-12(19)3-4-14(17)21-9-18(24)25/h2-8,21H,9H2,1H3,(H,22,23)(H,24,25). The quantitative estimate of drug-likeness (QED) is 0.551. The summed E-state index contributed by atoms with van der Waals surface area (Å²) in [4.78, 5) is 10.8. The number of hydrogen-bond acceptors (Lipinski definition) is 4. The molecule has 3 rings (SSSR count). The highest BCUT2D eigenvalue weighted by Crippen LogP contribution is 2.37. The summed E-state index contributed by atoms with van der Waals surface area (Å²) in [7, 11) is 0. The number of benzene rings is 2. The van der Waals surface area contributed by atoms with Crippen molar-refractivity contribution in [2.45, 2.75) is 6.92 Å². The summed E-state index contributed by atoms with van der Waals surface area (Å²) in [6.07, 6.45) is 0. The molecule has 0 bridgehead atoms. The lowest BCUT2D eigenvalue weighted by atomic mass is 10.1. The number of aryl methyl sites for hydroxylation is 1. The second-order valence-corrected chi connectivity index (χ2v) is 6.41. The fourth-order valence-corrected chi connectivity index (χ4v) is 2.71. The van der Waals surface area contributed by atoms with Gasteiger partial charge in [0.2, 0.25) is 0 Å². The summed E-state index contributed by atoms with van der Waals surface area (Å²) in [5.41, 5.74) is 3.08. The van der Waals surface area contributed by atoms with Gasteiger partial charge in [-0.3, -0.25) is 9.89 Å². The van der Waals surface area contributed by atoms with Crippen molar-refractivity contribution in [1.82, 2.24) is 10.2 Å². The monoisotopic (exact) mass is 391 g/mol. The first-order chi connectivity index (χ1) is 12.4. The maximum absolute atomic E-state index is 10.8. The van der Waals surface area contributed by atoms with Crippen LogP contribution in [0.2, 0.25) is 10.0 Å². The van der Waals surface area contributed by atoms with Gasteiger partial charge in [0, 0.05) is 22.3 Å². The third-order valence-corrected chi connectivity index (χ3v) is 4.06. The van der Waals surface area contributed by atoms with Gasteiger partial charge >= 0.3 is 5.97 Å². The van der Waals surface area contributed by atoms with Crippen LogP contribution in [0.15, 0.2) is 42.5 Å². The number of halogens is 2. The molecule has 1 heterocycles. The van der Waals surface area contributed by atoms with Crippen LogP contribution >= 0.6 is 23.2 Å². The van der Waals surface area contributed by atoms with Gasteiger partial charge in [-0.1, -0.05) is 23.2 Å². The molecule has 0 aliphatic carbocycles. The number of aromatic amines is 1. The highest BCUT2D eigenvalue weighted by atomic mass is 35.5. The number of anilines is 1. The lowest BCUT2D eigenvalue weighted by Gasteiger charge is -2.14. The Morgan fingerprint density at radius 1 is 1.19 bits per heavy atom. The van der Waals surface area contributed by atoms with Crippen molar-refractivity contribution in [2.24, 2.45) is 0 Å². The minimum Gasteiger partial charge on any atom is -0.480 e. The van der Waals surface area contributed by atoms with Crippen molar-refractivity contribution in [1.29, 1.82) is 0 Å². The molecule has 0 saturated carbocycles. The maximum atomic E-state index is 10.8. The highest BCUT2D eigenvalue weighted by molar-refractivity contribution is 6.32. The van der Waals surface area contributed by atoms with E-state index in [-0.39, 0.29) is 6.54 Å². The number of carboxylic acid groups (broad SMARTS) is 1. The molecule has 0 saturated heterocycles. The number of H-pyrrole nitrogens is 1. The largest absolute Gasteiger partial charge is 0.480 e. The molecule has 0 atom stereocenters. The SMILES string of the molecule is Cc1cc(-c2ccc(Oc3cc(Cl)ccc3NCC(=O)O)c(Cl)c2)n[nH]1. The van der Waals surface area contributed by atoms with Crippen molar-refractivity contribution < 1.29 is 14.6 Å². The summed E-state index contributed by atoms with van der Waals surface area (Å²) < 4.78 is 5.85. The number of aromatic nitrogens is 2. The molecule has 1 aromatic heterocycles. The molecule has 0 spiro atoms. The Hall–Kier alpha value is -2.70. The third-order valence-electron chi connectivity index (χ3n) is 3.53. The van der Waals surface area contributed by atoms with Crippen LogP contribution in [-0.4, -0.2) is 27.8 Å². The van der Waals surface area contributed by atoms with Crippen molar-refractivity contribution in [3.8, 4) is 22.8 Å². The fourth-order valence-electron chi connectivity index (χ4n) is 2.32. The van der Waals surface area contributed by atoms with E-state index in [1.165, 1.54) is 0 Å². The zero-order chi connectivity index (χ0) is 18.7. The summed E-state index contributed by atoms with van der Waals surface area (Å²) in [6, 6.07) is 12.1. The Kier molecular flexibility index (Phi) is 5.35. The van der Waals surface area contributed by atoms with E-state index in [1.54, 1.807) is 30.3 Å². The van der Waals surface area contributed by atoms with E-state index in [0.29, 0.717) is 27.2 Å². The van der Waals surface area contributed by atoms with Crippen LogP contribution in [0.25, 0.3) is 11.3 Å². The number of carboxylic acids is 1. The van der Waals surface area contributed by atoms with E-state index in [0.717, 1.165) is 17.0 Å². The molecule has 0 aliphatic rings. The Bertz CT molecular complexity index is 957. The van der Waals surface area contributed by atoms with Gasteiger partial charge in [0.05, 0.1) is 16.4 Å². The molecule has 2 aromatic carbocycles. The van der Waals surface area contributed by atoms with Gasteiger partial charge < -0.3 is 15.2 Å². The summed E-state index contributed by atoms with van der Waals surface area (Å²) in [5.74, 6) is -0.185. The van der Waals surface area contributed by atoms with Crippen LogP contribution < -0.4 is 10.1 Å². The van der Waals surface area contributed by atoms with Gasteiger partial charge in [-0.2, -0.15) is 5.10 Å². The second kappa shape index (κ2) is 7.68. The van der Waals surface area contributed by atoms with E-state index in [2.05, 4.69) is 15.5 Å². The van der Waals surface area contributed by atoms with Crippen LogP contribution in [0.4, 0.5) is 5.69 Å². The van der Waals surface area contributed by atoms with Crippen molar-refractivity contribution in [2.75, 3.05) is 11.9 Å². The first-order valence-corrected chi connectivity index (χ1v) is 8.43. The van der Waals surface area contributed by atoms with Crippen molar-refractivity contribution in [3.63, 3.8) is 0 Å². The molecular formula is C18H15Cl2N3O3. The number of hydrogen-bond donors (Lipinski definition) is 3. The molecule has 134 valence electrons. The van der Waals surface area contributed by atoms with Gasteiger partial charge in [-0.25, -0.2) is 0 Å². The topological polar surface area (TPSA) is 87.2 Å². The molecule has 0 unspecified atom stereocenters. The zero-order valence-corrected chi connectivity index (χ0v) is 15.2. The molecule has 3 aromatic rings. The first-order valence-electron chi connectivity index (χ1n) is 7.67. The van der Waals surface area contributed by atoms with Crippen LogP contribution in [0, 0.1) is 6.92 Å². The number of nitrogens with one attached hydrogen (secondary N) is 2. The van der Waals surface area contributed by atoms with E-state index in [9.17, 15) is 4.79 Å². The number of aliphatic carboxylic acids is 1. The highest BCUT2D eigenvalue weighted by Gasteiger charge is 2.12. The lowest BCUT2D eigenvalue weighted by molar-refractivity contribution is -0.134. The average Bonchev–Trinajstić information content (AvgIpc) is 3.02. The normalized spacial score (nSPS) is 10.6. The molecule has 0 amide bonds. The van der Waals surface area contributed by atoms with Crippen molar-refractivity contribution >= 4 is 34.9 Å².